The Morgan fingerprint density at radius 2 is 1.87 bits per heavy atom. The van der Waals surface area contributed by atoms with Crippen LogP contribution >= 0.6 is 27.7 Å². The Morgan fingerprint density at radius 3 is 2.50 bits per heavy atom. The molecule has 0 aliphatic rings. The van der Waals surface area contributed by atoms with Crippen LogP contribution in [0.5, 0.6) is 0 Å². The minimum atomic E-state index is -0.634. The molecular formula is C23H28BrFN2O2S. The number of amides is 2. The van der Waals surface area contributed by atoms with E-state index in [1.54, 1.807) is 30.0 Å². The van der Waals surface area contributed by atoms with E-state index >= 15 is 0 Å². The van der Waals surface area contributed by atoms with Crippen LogP contribution in [-0.2, 0) is 21.9 Å². The highest BCUT2D eigenvalue weighted by molar-refractivity contribution is 9.10. The van der Waals surface area contributed by atoms with Gasteiger partial charge in [-0.2, -0.15) is 0 Å². The highest BCUT2D eigenvalue weighted by Gasteiger charge is 2.28. The van der Waals surface area contributed by atoms with Crippen LogP contribution in [0.2, 0.25) is 0 Å². The molecule has 4 nitrogen and oxygen atoms in total. The molecule has 0 bridgehead atoms. The molecule has 1 atom stereocenters. The molecule has 0 aliphatic heterocycles. The van der Waals surface area contributed by atoms with Gasteiger partial charge in [0, 0.05) is 22.3 Å². The summed E-state index contributed by atoms with van der Waals surface area (Å²) in [6.45, 7) is 7.77. The number of thioether (sulfide) groups is 1. The Morgan fingerprint density at radius 1 is 1.17 bits per heavy atom. The first kappa shape index (κ1) is 24.4. The number of rotatable bonds is 8. The van der Waals surface area contributed by atoms with Gasteiger partial charge in [0.25, 0.3) is 0 Å². The van der Waals surface area contributed by atoms with Crippen molar-refractivity contribution < 1.29 is 14.0 Å². The Balaban J connectivity index is 2.11. The van der Waals surface area contributed by atoms with Crippen LogP contribution in [-0.4, -0.2) is 34.0 Å². The van der Waals surface area contributed by atoms with Crippen LogP contribution in [0, 0.1) is 5.82 Å². The average Bonchev–Trinajstić information content (AvgIpc) is 2.65. The second-order valence-electron chi connectivity index (χ2n) is 8.15. The van der Waals surface area contributed by atoms with Crippen molar-refractivity contribution >= 4 is 39.5 Å². The average molecular weight is 495 g/mol. The third-order valence-electron chi connectivity index (χ3n) is 4.35. The number of carbonyl (C=O) groups excluding carboxylic acids is 2. The van der Waals surface area contributed by atoms with Crippen LogP contribution in [0.15, 0.2) is 53.0 Å². The smallest absolute Gasteiger partial charge is 0.242 e. The molecule has 0 saturated carbocycles. The fraction of sp³-hybridized carbons (Fsp3) is 0.391. The lowest BCUT2D eigenvalue weighted by atomic mass is 10.1. The Hall–Kier alpha value is -1.86. The Bertz CT molecular complexity index is 886. The van der Waals surface area contributed by atoms with Crippen LogP contribution < -0.4 is 5.32 Å². The number of carbonyl (C=O) groups is 2. The Kier molecular flexibility index (Phi) is 8.92. The molecule has 2 aromatic rings. The lowest BCUT2D eigenvalue weighted by Gasteiger charge is -2.31. The van der Waals surface area contributed by atoms with Crippen molar-refractivity contribution in [3.63, 3.8) is 0 Å². The van der Waals surface area contributed by atoms with Crippen molar-refractivity contribution in [2.75, 3.05) is 5.75 Å². The van der Waals surface area contributed by atoms with E-state index in [1.165, 1.54) is 17.8 Å². The standard InChI is InChI=1S/C23H28BrFN2O2S/c1-16(22(29)26-23(2,3)4)27(13-17-8-7-10-19(24)12-17)21(28)15-30-14-18-9-5-6-11-20(18)25/h5-12,16H,13-15H2,1-4H3,(H,26,29)/t16-/m1/s1. The third-order valence-corrected chi connectivity index (χ3v) is 5.81. The molecule has 30 heavy (non-hydrogen) atoms. The van der Waals surface area contributed by atoms with Crippen molar-refractivity contribution in [2.24, 2.45) is 0 Å². The lowest BCUT2D eigenvalue weighted by molar-refractivity contribution is -0.139. The third kappa shape index (κ3) is 7.76. The molecule has 0 aromatic heterocycles. The summed E-state index contributed by atoms with van der Waals surface area (Å²) in [5.74, 6) is -0.0829. The number of hydrogen-bond donors (Lipinski definition) is 1. The van der Waals surface area contributed by atoms with Crippen LogP contribution in [0.1, 0.15) is 38.8 Å². The van der Waals surface area contributed by atoms with Gasteiger partial charge in [-0.1, -0.05) is 46.3 Å². The van der Waals surface area contributed by atoms with E-state index in [-0.39, 0.29) is 23.4 Å². The molecule has 0 aliphatic carbocycles. The molecule has 2 amide bonds. The van der Waals surface area contributed by atoms with E-state index in [0.29, 0.717) is 17.9 Å². The summed E-state index contributed by atoms with van der Waals surface area (Å²) in [4.78, 5) is 27.4. The summed E-state index contributed by atoms with van der Waals surface area (Å²) in [7, 11) is 0. The molecular weight excluding hydrogens is 467 g/mol. The van der Waals surface area contributed by atoms with E-state index in [9.17, 15) is 14.0 Å². The van der Waals surface area contributed by atoms with Gasteiger partial charge in [0.05, 0.1) is 5.75 Å². The van der Waals surface area contributed by atoms with Crippen LogP contribution in [0.4, 0.5) is 4.39 Å². The van der Waals surface area contributed by atoms with Gasteiger partial charge in [0.1, 0.15) is 11.9 Å². The molecule has 2 aromatic carbocycles. The predicted octanol–water partition coefficient (Wildman–Crippen LogP) is 5.15. The van der Waals surface area contributed by atoms with Gasteiger partial charge in [-0.25, -0.2) is 4.39 Å². The van der Waals surface area contributed by atoms with E-state index in [4.69, 9.17) is 0 Å². The van der Waals surface area contributed by atoms with Gasteiger partial charge in [-0.05, 0) is 57.0 Å². The van der Waals surface area contributed by atoms with E-state index in [0.717, 1.165) is 10.0 Å². The Labute approximate surface area is 190 Å². The van der Waals surface area contributed by atoms with Gasteiger partial charge < -0.3 is 10.2 Å². The maximum Gasteiger partial charge on any atom is 0.242 e. The first-order valence-corrected chi connectivity index (χ1v) is 11.7. The van der Waals surface area contributed by atoms with Gasteiger partial charge in [-0.15, -0.1) is 11.8 Å². The molecule has 2 rings (SSSR count). The maximum absolute atomic E-state index is 13.8. The monoisotopic (exact) mass is 494 g/mol. The summed E-state index contributed by atoms with van der Waals surface area (Å²) in [6, 6.07) is 13.6. The van der Waals surface area contributed by atoms with Crippen molar-refractivity contribution in [3.8, 4) is 0 Å². The molecule has 0 spiro atoms. The molecule has 0 saturated heterocycles. The van der Waals surface area contributed by atoms with Crippen LogP contribution in [0.3, 0.4) is 0 Å². The number of benzene rings is 2. The second kappa shape index (κ2) is 11.0. The van der Waals surface area contributed by atoms with E-state index in [2.05, 4.69) is 21.2 Å². The number of hydrogen-bond acceptors (Lipinski definition) is 3. The van der Waals surface area contributed by atoms with Gasteiger partial charge >= 0.3 is 0 Å². The molecule has 1 N–H and O–H groups in total. The first-order valence-electron chi connectivity index (χ1n) is 9.74. The lowest BCUT2D eigenvalue weighted by Crippen LogP contribution is -2.52. The number of halogens is 2. The quantitative estimate of drug-likeness (QED) is 0.551. The molecule has 0 unspecified atom stereocenters. The van der Waals surface area contributed by atoms with Gasteiger partial charge in [-0.3, -0.25) is 9.59 Å². The predicted molar refractivity (Wildman–Crippen MR) is 125 cm³/mol. The number of nitrogens with one attached hydrogen (secondary N) is 1. The summed E-state index contributed by atoms with van der Waals surface area (Å²) in [5, 5.41) is 2.94. The minimum Gasteiger partial charge on any atom is -0.350 e. The maximum atomic E-state index is 13.8. The fourth-order valence-electron chi connectivity index (χ4n) is 2.84. The zero-order valence-electron chi connectivity index (χ0n) is 17.7. The van der Waals surface area contributed by atoms with E-state index in [1.807, 2.05) is 45.0 Å². The molecule has 0 fully saturated rings. The SMILES string of the molecule is C[C@H](C(=O)NC(C)(C)C)N(Cc1cccc(Br)c1)C(=O)CSCc1ccccc1F. The molecule has 7 heteroatoms. The minimum absolute atomic E-state index is 0.159. The van der Waals surface area contributed by atoms with E-state index < -0.39 is 11.6 Å². The van der Waals surface area contributed by atoms with Crippen LogP contribution in [0.25, 0.3) is 0 Å². The summed E-state index contributed by atoms with van der Waals surface area (Å²) in [6.07, 6.45) is 0. The fourth-order valence-corrected chi connectivity index (χ4v) is 4.18. The first-order chi connectivity index (χ1) is 14.1. The van der Waals surface area contributed by atoms with Gasteiger partial charge in [0.15, 0.2) is 0 Å². The van der Waals surface area contributed by atoms with Crippen molar-refractivity contribution in [1.82, 2.24) is 10.2 Å². The largest absolute Gasteiger partial charge is 0.350 e. The molecule has 0 heterocycles. The zero-order valence-corrected chi connectivity index (χ0v) is 20.1. The highest BCUT2D eigenvalue weighted by Crippen LogP contribution is 2.19. The molecule has 162 valence electrons. The van der Waals surface area contributed by atoms with Crippen molar-refractivity contribution in [1.29, 1.82) is 0 Å². The molecule has 0 radical (unpaired) electrons. The normalized spacial score (nSPS) is 12.3. The van der Waals surface area contributed by atoms with Gasteiger partial charge in [0.2, 0.25) is 11.8 Å². The van der Waals surface area contributed by atoms with Crippen molar-refractivity contribution in [2.45, 2.75) is 51.6 Å². The highest BCUT2D eigenvalue weighted by atomic mass is 79.9. The topological polar surface area (TPSA) is 49.4 Å². The number of nitrogens with zero attached hydrogens (tertiary/aromatic N) is 1. The second-order valence-corrected chi connectivity index (χ2v) is 10.1. The summed E-state index contributed by atoms with van der Waals surface area (Å²) < 4.78 is 14.7. The summed E-state index contributed by atoms with van der Waals surface area (Å²) in [5.41, 5.74) is 1.09. The summed E-state index contributed by atoms with van der Waals surface area (Å²) >= 11 is 4.79. The van der Waals surface area contributed by atoms with Crippen molar-refractivity contribution in [3.05, 3.63) is 69.9 Å². The zero-order chi connectivity index (χ0) is 22.3.